The van der Waals surface area contributed by atoms with E-state index in [1.165, 1.54) is 10.5 Å². The molecule has 1 aromatic rings. The summed E-state index contributed by atoms with van der Waals surface area (Å²) in [4.78, 5) is 30.5. The number of nitrogens with one attached hydrogen (secondary N) is 2. The summed E-state index contributed by atoms with van der Waals surface area (Å²) in [7, 11) is 4.05. The van der Waals surface area contributed by atoms with Gasteiger partial charge in [0.1, 0.15) is 0 Å². The highest BCUT2D eigenvalue weighted by atomic mass is 16.7. The normalized spacial score (nSPS) is 20.2. The van der Waals surface area contributed by atoms with Crippen LogP contribution >= 0.6 is 0 Å². The average Bonchev–Trinajstić information content (AvgIpc) is 3.29. The predicted molar refractivity (Wildman–Crippen MR) is 146 cm³/mol. The monoisotopic (exact) mass is 516 g/mol. The summed E-state index contributed by atoms with van der Waals surface area (Å²) >= 11 is 0. The quantitative estimate of drug-likeness (QED) is 0.439. The first-order valence-corrected chi connectivity index (χ1v) is 13.9. The number of hydrogen-bond donors (Lipinski definition) is 2. The molecule has 3 amide bonds. The minimum absolute atomic E-state index is 0.101. The Balaban J connectivity index is 1.66. The minimum atomic E-state index is -0.478. The van der Waals surface area contributed by atoms with Crippen LogP contribution in [0.25, 0.3) is 0 Å². The zero-order valence-corrected chi connectivity index (χ0v) is 23.6. The maximum absolute atomic E-state index is 13.8. The third-order valence-electron chi connectivity index (χ3n) is 7.40. The van der Waals surface area contributed by atoms with Crippen molar-refractivity contribution in [3.05, 3.63) is 35.9 Å². The molecule has 2 aliphatic rings. The van der Waals surface area contributed by atoms with Gasteiger partial charge in [-0.2, -0.15) is 0 Å². The summed E-state index contributed by atoms with van der Waals surface area (Å²) < 4.78 is 12.0. The van der Waals surface area contributed by atoms with Crippen LogP contribution in [0.15, 0.2) is 30.3 Å². The van der Waals surface area contributed by atoms with E-state index in [1.807, 2.05) is 39.2 Å². The second kappa shape index (κ2) is 13.7. The van der Waals surface area contributed by atoms with Crippen LogP contribution in [0.1, 0.15) is 58.4 Å². The van der Waals surface area contributed by atoms with Gasteiger partial charge < -0.3 is 25.0 Å². The van der Waals surface area contributed by atoms with Crippen LogP contribution in [-0.4, -0.2) is 81.0 Å². The van der Waals surface area contributed by atoms with Crippen LogP contribution in [0.3, 0.4) is 0 Å². The molecule has 1 aliphatic carbocycles. The number of urea groups is 1. The van der Waals surface area contributed by atoms with Crippen molar-refractivity contribution in [2.75, 3.05) is 53.5 Å². The van der Waals surface area contributed by atoms with Crippen LogP contribution < -0.4 is 10.6 Å². The number of carbonyl (C=O) groups excluding carboxylic acids is 2. The van der Waals surface area contributed by atoms with Gasteiger partial charge in [-0.1, -0.05) is 50.6 Å². The number of amides is 3. The molecule has 2 unspecified atom stereocenters. The molecule has 2 atom stereocenters. The Kier molecular flexibility index (Phi) is 10.9. The van der Waals surface area contributed by atoms with Crippen LogP contribution in [-0.2, 0) is 20.8 Å². The Labute approximate surface area is 223 Å². The topological polar surface area (TPSA) is 83.1 Å². The van der Waals surface area contributed by atoms with E-state index in [0.29, 0.717) is 51.7 Å². The number of imide groups is 1. The Morgan fingerprint density at radius 2 is 1.86 bits per heavy atom. The Hall–Kier alpha value is -2.00. The lowest BCUT2D eigenvalue weighted by Crippen LogP contribution is -2.51. The van der Waals surface area contributed by atoms with E-state index in [-0.39, 0.29) is 23.3 Å². The average molecular weight is 517 g/mol. The smallest absolute Gasteiger partial charge is 0.324 e. The molecule has 1 aromatic carbocycles. The molecule has 1 heterocycles. The molecular weight excluding hydrogens is 468 g/mol. The van der Waals surface area contributed by atoms with E-state index in [9.17, 15) is 9.59 Å². The molecule has 3 rings (SSSR count). The van der Waals surface area contributed by atoms with Gasteiger partial charge in [-0.15, -0.1) is 0 Å². The third kappa shape index (κ3) is 9.06. The van der Waals surface area contributed by atoms with Crippen LogP contribution in [0, 0.1) is 17.3 Å². The first kappa shape index (κ1) is 29.6. The molecule has 208 valence electrons. The van der Waals surface area contributed by atoms with Crippen LogP contribution in [0.2, 0.25) is 0 Å². The van der Waals surface area contributed by atoms with Crippen molar-refractivity contribution >= 4 is 11.9 Å². The van der Waals surface area contributed by atoms with Crippen molar-refractivity contribution in [3.63, 3.8) is 0 Å². The first-order chi connectivity index (χ1) is 17.6. The molecule has 2 fully saturated rings. The lowest BCUT2D eigenvalue weighted by atomic mass is 9.79. The van der Waals surface area contributed by atoms with Gasteiger partial charge in [-0.3, -0.25) is 9.69 Å². The summed E-state index contributed by atoms with van der Waals surface area (Å²) in [5.41, 5.74) is 1.07. The summed E-state index contributed by atoms with van der Waals surface area (Å²) in [6.07, 6.45) is 4.52. The molecule has 8 nitrogen and oxygen atoms in total. The van der Waals surface area contributed by atoms with Crippen molar-refractivity contribution in [3.8, 4) is 0 Å². The van der Waals surface area contributed by atoms with Gasteiger partial charge in [-0.05, 0) is 50.8 Å². The maximum atomic E-state index is 13.8. The molecule has 8 heteroatoms. The van der Waals surface area contributed by atoms with E-state index in [4.69, 9.17) is 9.47 Å². The number of hydrogen-bond acceptors (Lipinski definition) is 6. The molecule has 1 spiro atoms. The van der Waals surface area contributed by atoms with Crippen LogP contribution in [0.5, 0.6) is 0 Å². The fourth-order valence-electron chi connectivity index (χ4n) is 5.87. The van der Waals surface area contributed by atoms with Gasteiger partial charge >= 0.3 is 6.03 Å². The Morgan fingerprint density at radius 1 is 1.16 bits per heavy atom. The summed E-state index contributed by atoms with van der Waals surface area (Å²) in [5, 5.41) is 6.50. The fourth-order valence-corrected chi connectivity index (χ4v) is 5.87. The molecule has 2 N–H and O–H groups in total. The first-order valence-electron chi connectivity index (χ1n) is 13.9. The zero-order valence-electron chi connectivity index (χ0n) is 23.6. The number of rotatable bonds is 12. The van der Waals surface area contributed by atoms with E-state index in [0.717, 1.165) is 32.2 Å². The predicted octanol–water partition coefficient (Wildman–Crippen LogP) is 3.86. The maximum Gasteiger partial charge on any atom is 0.324 e. The van der Waals surface area contributed by atoms with E-state index < -0.39 is 5.79 Å². The largest absolute Gasteiger partial charge is 0.348 e. The highest BCUT2D eigenvalue weighted by molar-refractivity contribution is 5.95. The van der Waals surface area contributed by atoms with Crippen molar-refractivity contribution in [2.45, 2.75) is 65.2 Å². The van der Waals surface area contributed by atoms with E-state index >= 15 is 0 Å². The second-order valence-corrected chi connectivity index (χ2v) is 11.8. The molecule has 37 heavy (non-hydrogen) atoms. The number of ether oxygens (including phenoxy) is 2. The third-order valence-corrected chi connectivity index (χ3v) is 7.40. The van der Waals surface area contributed by atoms with Crippen LogP contribution in [0.4, 0.5) is 4.79 Å². The minimum Gasteiger partial charge on any atom is -0.348 e. The standard InChI is InChI=1S/C29H48N4O4/c1-6-33(27(35)31-21-28(2,3)22-32(4)5)26(34)25(20-30-19-23-11-8-7-9-12-23)17-24-13-10-14-29(18-24)36-15-16-37-29/h7-9,11-12,24-25,30H,6,10,13-22H2,1-5H3,(H,31,35). The van der Waals surface area contributed by atoms with Gasteiger partial charge in [-0.25, -0.2) is 4.79 Å². The van der Waals surface area contributed by atoms with Gasteiger partial charge in [0.2, 0.25) is 5.91 Å². The molecular formula is C29H48N4O4. The van der Waals surface area contributed by atoms with E-state index in [2.05, 4.69) is 41.5 Å². The van der Waals surface area contributed by atoms with Gasteiger partial charge in [0, 0.05) is 45.6 Å². The summed E-state index contributed by atoms with van der Waals surface area (Å²) in [6, 6.07) is 9.87. The number of nitrogens with zero attached hydrogens (tertiary/aromatic N) is 2. The Morgan fingerprint density at radius 3 is 2.51 bits per heavy atom. The van der Waals surface area contributed by atoms with Crippen molar-refractivity contribution in [1.82, 2.24) is 20.4 Å². The van der Waals surface area contributed by atoms with Gasteiger partial charge in [0.15, 0.2) is 5.79 Å². The summed E-state index contributed by atoms with van der Waals surface area (Å²) in [6.45, 7) is 10.3. The van der Waals surface area contributed by atoms with Crippen molar-refractivity contribution < 1.29 is 19.1 Å². The highest BCUT2D eigenvalue weighted by Crippen LogP contribution is 2.41. The van der Waals surface area contributed by atoms with Crippen molar-refractivity contribution in [2.24, 2.45) is 17.3 Å². The molecule has 1 saturated carbocycles. The fraction of sp³-hybridized carbons (Fsp3) is 0.724. The van der Waals surface area contributed by atoms with Gasteiger partial charge in [0.25, 0.3) is 0 Å². The van der Waals surface area contributed by atoms with Crippen molar-refractivity contribution in [1.29, 1.82) is 0 Å². The Bertz CT molecular complexity index is 855. The molecule has 1 saturated heterocycles. The van der Waals surface area contributed by atoms with Gasteiger partial charge in [0.05, 0.1) is 19.1 Å². The number of benzene rings is 1. The zero-order chi connectivity index (χ0) is 26.9. The highest BCUT2D eigenvalue weighted by Gasteiger charge is 2.42. The lowest BCUT2D eigenvalue weighted by molar-refractivity contribution is -0.188. The second-order valence-electron chi connectivity index (χ2n) is 11.8. The lowest BCUT2D eigenvalue weighted by Gasteiger charge is -2.38. The summed E-state index contributed by atoms with van der Waals surface area (Å²) in [5.74, 6) is -0.571. The molecule has 0 bridgehead atoms. The van der Waals surface area contributed by atoms with E-state index in [1.54, 1.807) is 0 Å². The SMILES string of the molecule is CCN(C(=O)NCC(C)(C)CN(C)C)C(=O)C(CNCc1ccccc1)CC1CCCC2(C1)OCCO2. The number of carbonyl (C=O) groups is 2. The molecule has 0 radical (unpaired) electrons. The molecule has 1 aliphatic heterocycles. The molecule has 0 aromatic heterocycles.